The number of rotatable bonds is 1. The van der Waals surface area contributed by atoms with Gasteiger partial charge in [0, 0.05) is 29.7 Å². The molecule has 0 aliphatic carbocycles. The third kappa shape index (κ3) is 2.55. The van der Waals surface area contributed by atoms with E-state index in [1.165, 1.54) is 0 Å². The number of amides is 1. The average molecular weight is 277 g/mol. The van der Waals surface area contributed by atoms with Gasteiger partial charge in [0.25, 0.3) is 5.91 Å². The molecule has 0 atom stereocenters. The van der Waals surface area contributed by atoms with Crippen molar-refractivity contribution in [1.29, 1.82) is 0 Å². The molecule has 4 nitrogen and oxygen atoms in total. The second-order valence-electron chi connectivity index (χ2n) is 4.47. The van der Waals surface area contributed by atoms with Crippen molar-refractivity contribution in [3.05, 3.63) is 41.0 Å². The van der Waals surface area contributed by atoms with Crippen molar-refractivity contribution in [2.24, 2.45) is 0 Å². The molecule has 1 aromatic carbocycles. The van der Waals surface area contributed by atoms with Crippen LogP contribution in [0.1, 0.15) is 10.4 Å². The van der Waals surface area contributed by atoms with Crippen molar-refractivity contribution in [2.45, 2.75) is 0 Å². The SMILES string of the molecule is O=C(c1cnc2cc(Cl)ccc2c1)N1CCOCC1. The molecule has 0 bridgehead atoms. The summed E-state index contributed by atoms with van der Waals surface area (Å²) in [5.41, 5.74) is 1.41. The normalized spacial score (nSPS) is 15.7. The van der Waals surface area contributed by atoms with E-state index in [2.05, 4.69) is 4.98 Å². The standard InChI is InChI=1S/C14H13ClN2O2/c15-12-2-1-10-7-11(9-16-13(10)8-12)14(18)17-3-5-19-6-4-17/h1-2,7-9H,3-6H2. The Morgan fingerprint density at radius 3 is 2.84 bits per heavy atom. The van der Waals surface area contributed by atoms with Crippen molar-refractivity contribution in [3.8, 4) is 0 Å². The highest BCUT2D eigenvalue weighted by atomic mass is 35.5. The minimum atomic E-state index is 0.00708. The molecule has 0 radical (unpaired) electrons. The first-order valence-corrected chi connectivity index (χ1v) is 6.54. The van der Waals surface area contributed by atoms with E-state index < -0.39 is 0 Å². The van der Waals surface area contributed by atoms with Crippen molar-refractivity contribution >= 4 is 28.4 Å². The lowest BCUT2D eigenvalue weighted by Gasteiger charge is -2.26. The summed E-state index contributed by atoms with van der Waals surface area (Å²) in [5.74, 6) is 0.00708. The van der Waals surface area contributed by atoms with E-state index in [0.717, 1.165) is 10.9 Å². The smallest absolute Gasteiger partial charge is 0.255 e. The van der Waals surface area contributed by atoms with Crippen molar-refractivity contribution in [3.63, 3.8) is 0 Å². The van der Waals surface area contributed by atoms with E-state index in [1.807, 2.05) is 12.1 Å². The molecule has 2 heterocycles. The van der Waals surface area contributed by atoms with E-state index in [9.17, 15) is 4.79 Å². The third-order valence-corrected chi connectivity index (χ3v) is 3.43. The molecule has 2 aromatic rings. The van der Waals surface area contributed by atoms with Crippen molar-refractivity contribution < 1.29 is 9.53 Å². The van der Waals surface area contributed by atoms with Crippen LogP contribution in [0.3, 0.4) is 0 Å². The van der Waals surface area contributed by atoms with Crippen LogP contribution in [0.5, 0.6) is 0 Å². The number of halogens is 1. The zero-order valence-electron chi connectivity index (χ0n) is 10.3. The summed E-state index contributed by atoms with van der Waals surface area (Å²) in [5, 5.41) is 1.57. The number of ether oxygens (including phenoxy) is 1. The monoisotopic (exact) mass is 276 g/mol. The Morgan fingerprint density at radius 1 is 1.26 bits per heavy atom. The summed E-state index contributed by atoms with van der Waals surface area (Å²) in [6.45, 7) is 2.47. The summed E-state index contributed by atoms with van der Waals surface area (Å²) in [6, 6.07) is 7.33. The number of morpholine rings is 1. The summed E-state index contributed by atoms with van der Waals surface area (Å²) >= 11 is 5.91. The van der Waals surface area contributed by atoms with E-state index in [-0.39, 0.29) is 5.91 Å². The van der Waals surface area contributed by atoms with E-state index in [0.29, 0.717) is 36.9 Å². The van der Waals surface area contributed by atoms with Crippen LogP contribution in [0, 0.1) is 0 Å². The number of pyridine rings is 1. The van der Waals surface area contributed by atoms with Gasteiger partial charge in [-0.15, -0.1) is 0 Å². The fourth-order valence-corrected chi connectivity index (χ4v) is 2.33. The van der Waals surface area contributed by atoms with E-state index >= 15 is 0 Å². The number of hydrogen-bond donors (Lipinski definition) is 0. The summed E-state index contributed by atoms with van der Waals surface area (Å²) in [7, 11) is 0. The van der Waals surface area contributed by atoms with Gasteiger partial charge in [0.2, 0.25) is 0 Å². The second kappa shape index (κ2) is 5.15. The molecule has 98 valence electrons. The lowest BCUT2D eigenvalue weighted by Crippen LogP contribution is -2.40. The number of fused-ring (bicyclic) bond motifs is 1. The molecule has 0 spiro atoms. The molecule has 3 rings (SSSR count). The van der Waals surface area contributed by atoms with Gasteiger partial charge in [-0.2, -0.15) is 0 Å². The van der Waals surface area contributed by atoms with Crippen LogP contribution in [0.2, 0.25) is 5.02 Å². The Morgan fingerprint density at radius 2 is 2.05 bits per heavy atom. The number of carbonyl (C=O) groups excluding carboxylic acids is 1. The first-order valence-electron chi connectivity index (χ1n) is 6.16. The quantitative estimate of drug-likeness (QED) is 0.803. The molecule has 0 N–H and O–H groups in total. The molecular formula is C14H13ClN2O2. The average Bonchev–Trinajstić information content (AvgIpc) is 2.47. The van der Waals surface area contributed by atoms with Gasteiger partial charge < -0.3 is 9.64 Å². The molecule has 1 aliphatic rings. The number of hydrogen-bond acceptors (Lipinski definition) is 3. The molecule has 1 amide bonds. The van der Waals surface area contributed by atoms with Crippen LogP contribution in [-0.4, -0.2) is 42.1 Å². The van der Waals surface area contributed by atoms with Crippen molar-refractivity contribution in [2.75, 3.05) is 26.3 Å². The molecule has 0 saturated carbocycles. The van der Waals surface area contributed by atoms with E-state index in [4.69, 9.17) is 16.3 Å². The maximum Gasteiger partial charge on any atom is 0.255 e. The highest BCUT2D eigenvalue weighted by molar-refractivity contribution is 6.31. The number of nitrogens with zero attached hydrogens (tertiary/aromatic N) is 2. The van der Waals surface area contributed by atoms with Crippen LogP contribution in [0.25, 0.3) is 10.9 Å². The Hall–Kier alpha value is -1.65. The lowest BCUT2D eigenvalue weighted by atomic mass is 10.1. The van der Waals surface area contributed by atoms with Gasteiger partial charge in [0.05, 0.1) is 24.3 Å². The molecule has 0 unspecified atom stereocenters. The fraction of sp³-hybridized carbons (Fsp3) is 0.286. The van der Waals surface area contributed by atoms with Crippen LogP contribution in [0.15, 0.2) is 30.5 Å². The topological polar surface area (TPSA) is 42.4 Å². The van der Waals surface area contributed by atoms with E-state index in [1.54, 1.807) is 23.2 Å². The van der Waals surface area contributed by atoms with Crippen LogP contribution in [-0.2, 0) is 4.74 Å². The Labute approximate surface area is 115 Å². The number of benzene rings is 1. The van der Waals surface area contributed by atoms with Gasteiger partial charge in [0.15, 0.2) is 0 Å². The second-order valence-corrected chi connectivity index (χ2v) is 4.90. The molecule has 1 aromatic heterocycles. The lowest BCUT2D eigenvalue weighted by molar-refractivity contribution is 0.0303. The fourth-order valence-electron chi connectivity index (χ4n) is 2.16. The van der Waals surface area contributed by atoms with Crippen LogP contribution in [0.4, 0.5) is 0 Å². The number of carbonyl (C=O) groups is 1. The molecule has 19 heavy (non-hydrogen) atoms. The van der Waals surface area contributed by atoms with Crippen LogP contribution < -0.4 is 0 Å². The Balaban J connectivity index is 1.92. The highest BCUT2D eigenvalue weighted by Gasteiger charge is 2.18. The number of aromatic nitrogens is 1. The molecule has 5 heteroatoms. The van der Waals surface area contributed by atoms with Gasteiger partial charge in [-0.25, -0.2) is 0 Å². The first-order chi connectivity index (χ1) is 9.24. The first kappa shape index (κ1) is 12.4. The Bertz CT molecular complexity index is 624. The van der Waals surface area contributed by atoms with Gasteiger partial charge >= 0.3 is 0 Å². The minimum absolute atomic E-state index is 0.00708. The zero-order valence-corrected chi connectivity index (χ0v) is 11.1. The summed E-state index contributed by atoms with van der Waals surface area (Å²) < 4.78 is 5.24. The largest absolute Gasteiger partial charge is 0.378 e. The zero-order chi connectivity index (χ0) is 13.2. The van der Waals surface area contributed by atoms with Gasteiger partial charge in [-0.3, -0.25) is 9.78 Å². The maximum absolute atomic E-state index is 12.3. The van der Waals surface area contributed by atoms with Crippen molar-refractivity contribution in [1.82, 2.24) is 9.88 Å². The Kier molecular flexibility index (Phi) is 3.36. The minimum Gasteiger partial charge on any atom is -0.378 e. The van der Waals surface area contributed by atoms with Gasteiger partial charge in [0.1, 0.15) is 0 Å². The predicted molar refractivity (Wildman–Crippen MR) is 73.5 cm³/mol. The third-order valence-electron chi connectivity index (χ3n) is 3.19. The molecule has 1 saturated heterocycles. The summed E-state index contributed by atoms with van der Waals surface area (Å²) in [4.78, 5) is 18.4. The maximum atomic E-state index is 12.3. The van der Waals surface area contributed by atoms with Crippen LogP contribution >= 0.6 is 11.6 Å². The van der Waals surface area contributed by atoms with Gasteiger partial charge in [-0.1, -0.05) is 17.7 Å². The highest BCUT2D eigenvalue weighted by Crippen LogP contribution is 2.19. The summed E-state index contributed by atoms with van der Waals surface area (Å²) in [6.07, 6.45) is 1.61. The molecular weight excluding hydrogens is 264 g/mol. The predicted octanol–water partition coefficient (Wildman–Crippen LogP) is 2.36. The molecule has 1 aliphatic heterocycles. The van der Waals surface area contributed by atoms with Gasteiger partial charge in [-0.05, 0) is 18.2 Å². The molecule has 1 fully saturated rings.